The average Bonchev–Trinajstić information content (AvgIpc) is 3.05. The fourth-order valence-corrected chi connectivity index (χ4v) is 3.67. The number of benzene rings is 2. The molecular formula is C20H21BrN2O3. The lowest BCUT2D eigenvalue weighted by Gasteiger charge is -2.24. The van der Waals surface area contributed by atoms with E-state index in [-0.39, 0.29) is 11.8 Å². The van der Waals surface area contributed by atoms with Crippen LogP contribution in [0.5, 0.6) is 5.75 Å². The van der Waals surface area contributed by atoms with Crippen molar-refractivity contribution in [2.24, 2.45) is 0 Å². The van der Waals surface area contributed by atoms with Crippen LogP contribution in [0.15, 0.2) is 46.9 Å². The number of nitrogens with one attached hydrogen (secondary N) is 1. The number of fused-ring (bicyclic) bond motifs is 1. The largest absolute Gasteiger partial charge is 0.496 e. The average molecular weight is 417 g/mol. The molecule has 0 radical (unpaired) electrons. The SMILES string of the molecule is CCC(=O)N1c2ccccc2C[C@@H]1C(=O)NCc1cc(Br)ccc1OC. The Morgan fingerprint density at radius 2 is 2.04 bits per heavy atom. The number of anilines is 1. The van der Waals surface area contributed by atoms with Crippen molar-refractivity contribution in [2.45, 2.75) is 32.4 Å². The summed E-state index contributed by atoms with van der Waals surface area (Å²) >= 11 is 3.44. The first kappa shape index (κ1) is 18.5. The maximum atomic E-state index is 12.8. The highest BCUT2D eigenvalue weighted by atomic mass is 79.9. The van der Waals surface area contributed by atoms with Gasteiger partial charge in [-0.3, -0.25) is 14.5 Å². The molecule has 0 aliphatic carbocycles. The number of hydrogen-bond donors (Lipinski definition) is 1. The summed E-state index contributed by atoms with van der Waals surface area (Å²) in [4.78, 5) is 26.9. The third-order valence-corrected chi connectivity index (χ3v) is 5.04. The molecule has 0 unspecified atom stereocenters. The molecule has 0 aromatic heterocycles. The highest BCUT2D eigenvalue weighted by molar-refractivity contribution is 9.10. The molecule has 0 spiro atoms. The van der Waals surface area contributed by atoms with Gasteiger partial charge in [0, 0.05) is 35.1 Å². The Morgan fingerprint density at radius 1 is 1.27 bits per heavy atom. The van der Waals surface area contributed by atoms with Crippen molar-refractivity contribution < 1.29 is 14.3 Å². The summed E-state index contributed by atoms with van der Waals surface area (Å²) in [6, 6.07) is 12.8. The Bertz CT molecular complexity index is 838. The van der Waals surface area contributed by atoms with Crippen LogP contribution in [0.3, 0.4) is 0 Å². The Kier molecular flexibility index (Phi) is 5.61. The van der Waals surface area contributed by atoms with E-state index < -0.39 is 6.04 Å². The molecule has 26 heavy (non-hydrogen) atoms. The van der Waals surface area contributed by atoms with E-state index >= 15 is 0 Å². The zero-order valence-corrected chi connectivity index (χ0v) is 16.4. The molecule has 1 N–H and O–H groups in total. The standard InChI is InChI=1S/C20H21BrN2O3/c1-3-19(24)23-16-7-5-4-6-13(16)11-17(23)20(25)22-12-14-10-15(21)8-9-18(14)26-2/h4-10,17H,3,11-12H2,1-2H3,(H,22,25)/t17-/m1/s1. The number of ether oxygens (including phenoxy) is 1. The smallest absolute Gasteiger partial charge is 0.243 e. The number of nitrogens with zero attached hydrogens (tertiary/aromatic N) is 1. The molecule has 1 aliphatic rings. The molecule has 6 heteroatoms. The number of amides is 2. The van der Waals surface area contributed by atoms with Crippen molar-refractivity contribution in [3.63, 3.8) is 0 Å². The van der Waals surface area contributed by atoms with E-state index in [4.69, 9.17) is 4.74 Å². The predicted molar refractivity (Wildman–Crippen MR) is 104 cm³/mol. The van der Waals surface area contributed by atoms with Gasteiger partial charge in [0.05, 0.1) is 7.11 Å². The van der Waals surface area contributed by atoms with E-state index in [1.165, 1.54) is 0 Å². The van der Waals surface area contributed by atoms with E-state index in [0.717, 1.165) is 21.3 Å². The molecule has 2 aromatic rings. The summed E-state index contributed by atoms with van der Waals surface area (Å²) in [5, 5.41) is 2.95. The Hall–Kier alpha value is -2.34. The minimum Gasteiger partial charge on any atom is -0.496 e. The molecule has 136 valence electrons. The van der Waals surface area contributed by atoms with Gasteiger partial charge in [0.15, 0.2) is 0 Å². The van der Waals surface area contributed by atoms with Crippen LogP contribution in [0, 0.1) is 0 Å². The van der Waals surface area contributed by atoms with E-state index in [1.54, 1.807) is 12.0 Å². The van der Waals surface area contributed by atoms with Crippen molar-refractivity contribution >= 4 is 33.4 Å². The minimum absolute atomic E-state index is 0.0462. The molecule has 3 rings (SSSR count). The molecule has 2 aromatic carbocycles. The number of para-hydroxylation sites is 1. The molecular weight excluding hydrogens is 396 g/mol. The van der Waals surface area contributed by atoms with Crippen LogP contribution < -0.4 is 15.0 Å². The normalized spacial score (nSPS) is 15.5. The zero-order chi connectivity index (χ0) is 18.7. The summed E-state index contributed by atoms with van der Waals surface area (Å²) in [5.74, 6) is 0.505. The van der Waals surface area contributed by atoms with Gasteiger partial charge >= 0.3 is 0 Å². The third kappa shape index (κ3) is 3.60. The summed E-state index contributed by atoms with van der Waals surface area (Å²) in [5.41, 5.74) is 2.73. The lowest BCUT2D eigenvalue weighted by Crippen LogP contribution is -2.47. The summed E-state index contributed by atoms with van der Waals surface area (Å²) in [7, 11) is 1.60. The Balaban J connectivity index is 1.77. The first-order chi connectivity index (χ1) is 12.5. The van der Waals surface area contributed by atoms with Crippen LogP contribution >= 0.6 is 15.9 Å². The van der Waals surface area contributed by atoms with Gasteiger partial charge in [-0.2, -0.15) is 0 Å². The lowest BCUT2D eigenvalue weighted by molar-refractivity contribution is -0.126. The van der Waals surface area contributed by atoms with Crippen LogP contribution in [0.4, 0.5) is 5.69 Å². The van der Waals surface area contributed by atoms with Crippen LogP contribution in [0.25, 0.3) is 0 Å². The highest BCUT2D eigenvalue weighted by Gasteiger charge is 2.37. The summed E-state index contributed by atoms with van der Waals surface area (Å²) in [6.45, 7) is 2.15. The van der Waals surface area contributed by atoms with Crippen molar-refractivity contribution in [2.75, 3.05) is 12.0 Å². The van der Waals surface area contributed by atoms with Crippen LogP contribution in [0.1, 0.15) is 24.5 Å². The topological polar surface area (TPSA) is 58.6 Å². The molecule has 0 saturated carbocycles. The van der Waals surface area contributed by atoms with E-state index in [9.17, 15) is 9.59 Å². The van der Waals surface area contributed by atoms with E-state index in [1.807, 2.05) is 49.4 Å². The van der Waals surface area contributed by atoms with Gasteiger partial charge in [0.1, 0.15) is 11.8 Å². The number of hydrogen-bond acceptors (Lipinski definition) is 3. The molecule has 2 amide bonds. The number of carbonyl (C=O) groups is 2. The van der Waals surface area contributed by atoms with Gasteiger partial charge in [-0.25, -0.2) is 0 Å². The number of halogens is 1. The van der Waals surface area contributed by atoms with Crippen molar-refractivity contribution in [3.05, 3.63) is 58.1 Å². The third-order valence-electron chi connectivity index (χ3n) is 4.55. The zero-order valence-electron chi connectivity index (χ0n) is 14.8. The second-order valence-electron chi connectivity index (χ2n) is 6.14. The Morgan fingerprint density at radius 3 is 2.77 bits per heavy atom. The molecule has 1 atom stereocenters. The van der Waals surface area contributed by atoms with Gasteiger partial charge in [0.2, 0.25) is 11.8 Å². The summed E-state index contributed by atoms with van der Waals surface area (Å²) in [6.07, 6.45) is 0.890. The molecule has 0 saturated heterocycles. The second kappa shape index (κ2) is 7.91. The molecule has 0 fully saturated rings. The van der Waals surface area contributed by atoms with E-state index in [2.05, 4.69) is 21.2 Å². The first-order valence-corrected chi connectivity index (χ1v) is 9.34. The first-order valence-electron chi connectivity index (χ1n) is 8.55. The van der Waals surface area contributed by atoms with Crippen LogP contribution in [0.2, 0.25) is 0 Å². The fraction of sp³-hybridized carbons (Fsp3) is 0.300. The van der Waals surface area contributed by atoms with Gasteiger partial charge in [-0.15, -0.1) is 0 Å². The van der Waals surface area contributed by atoms with Crippen molar-refractivity contribution in [1.29, 1.82) is 0 Å². The van der Waals surface area contributed by atoms with E-state index in [0.29, 0.717) is 25.1 Å². The molecule has 1 aliphatic heterocycles. The van der Waals surface area contributed by atoms with Gasteiger partial charge in [-0.1, -0.05) is 41.1 Å². The Labute approximate surface area is 161 Å². The minimum atomic E-state index is -0.516. The number of rotatable bonds is 5. The maximum absolute atomic E-state index is 12.8. The van der Waals surface area contributed by atoms with Crippen molar-refractivity contribution in [3.8, 4) is 5.75 Å². The molecule has 1 heterocycles. The maximum Gasteiger partial charge on any atom is 0.243 e. The van der Waals surface area contributed by atoms with Gasteiger partial charge in [0.25, 0.3) is 0 Å². The van der Waals surface area contributed by atoms with Crippen LogP contribution in [-0.2, 0) is 22.6 Å². The highest BCUT2D eigenvalue weighted by Crippen LogP contribution is 2.32. The predicted octanol–water partition coefficient (Wildman–Crippen LogP) is 3.44. The van der Waals surface area contributed by atoms with Crippen molar-refractivity contribution in [1.82, 2.24) is 5.32 Å². The quantitative estimate of drug-likeness (QED) is 0.811. The fourth-order valence-electron chi connectivity index (χ4n) is 3.26. The number of carbonyl (C=O) groups excluding carboxylic acids is 2. The molecule has 5 nitrogen and oxygen atoms in total. The second-order valence-corrected chi connectivity index (χ2v) is 7.06. The summed E-state index contributed by atoms with van der Waals surface area (Å²) < 4.78 is 6.26. The van der Waals surface area contributed by atoms with Gasteiger partial charge < -0.3 is 10.1 Å². The van der Waals surface area contributed by atoms with Crippen LogP contribution in [-0.4, -0.2) is 25.0 Å². The monoisotopic (exact) mass is 416 g/mol. The van der Waals surface area contributed by atoms with Gasteiger partial charge in [-0.05, 0) is 29.8 Å². The molecule has 0 bridgehead atoms. The number of methoxy groups -OCH3 is 1. The lowest BCUT2D eigenvalue weighted by atomic mass is 10.1.